The molecular formula is C27H28O3. The summed E-state index contributed by atoms with van der Waals surface area (Å²) in [5.41, 5.74) is 4.69. The van der Waals surface area contributed by atoms with Gasteiger partial charge in [0.05, 0.1) is 19.8 Å². The Hall–Kier alpha value is -2.72. The van der Waals surface area contributed by atoms with Crippen molar-refractivity contribution in [2.75, 3.05) is 6.61 Å². The lowest BCUT2D eigenvalue weighted by Crippen LogP contribution is -2.38. The Morgan fingerprint density at radius 3 is 2.03 bits per heavy atom. The van der Waals surface area contributed by atoms with Crippen LogP contribution in [0.1, 0.15) is 28.4 Å². The van der Waals surface area contributed by atoms with Crippen molar-refractivity contribution in [3.63, 3.8) is 0 Å². The fourth-order valence-corrected chi connectivity index (χ4v) is 3.52. The highest BCUT2D eigenvalue weighted by Crippen LogP contribution is 2.28. The number of benzene rings is 3. The molecule has 0 fully saturated rings. The first kappa shape index (κ1) is 20.5. The minimum Gasteiger partial charge on any atom is -0.374 e. The molecule has 30 heavy (non-hydrogen) atoms. The molecule has 0 amide bonds. The molecule has 3 aromatic rings. The van der Waals surface area contributed by atoms with E-state index in [9.17, 15) is 0 Å². The van der Waals surface area contributed by atoms with E-state index in [1.54, 1.807) is 0 Å². The van der Waals surface area contributed by atoms with E-state index in [1.165, 1.54) is 5.56 Å². The van der Waals surface area contributed by atoms with Crippen LogP contribution in [0.25, 0.3) is 0 Å². The Balaban J connectivity index is 1.42. The van der Waals surface area contributed by atoms with E-state index in [0.29, 0.717) is 19.8 Å². The molecule has 1 aliphatic rings. The molecule has 0 saturated carbocycles. The summed E-state index contributed by atoms with van der Waals surface area (Å²) in [5.74, 6) is 0. The normalized spacial score (nSPS) is 20.9. The Bertz CT molecular complexity index is 919. The summed E-state index contributed by atoms with van der Waals surface area (Å²) in [6, 6.07) is 28.9. The first-order valence-electron chi connectivity index (χ1n) is 10.5. The third-order valence-electron chi connectivity index (χ3n) is 5.25. The first-order chi connectivity index (χ1) is 14.8. The van der Waals surface area contributed by atoms with Crippen molar-refractivity contribution in [3.8, 4) is 0 Å². The fraction of sp³-hybridized carbons (Fsp3) is 0.259. The Morgan fingerprint density at radius 1 is 0.733 bits per heavy atom. The van der Waals surface area contributed by atoms with Gasteiger partial charge in [0.2, 0.25) is 0 Å². The molecule has 3 aromatic carbocycles. The number of aryl methyl sites for hydroxylation is 1. The number of rotatable bonds is 8. The van der Waals surface area contributed by atoms with E-state index in [2.05, 4.69) is 67.6 Å². The zero-order chi connectivity index (χ0) is 20.6. The lowest BCUT2D eigenvalue weighted by Gasteiger charge is -2.32. The Labute approximate surface area is 178 Å². The van der Waals surface area contributed by atoms with Crippen molar-refractivity contribution < 1.29 is 14.2 Å². The average molecular weight is 401 g/mol. The minimum absolute atomic E-state index is 0.0903. The summed E-state index contributed by atoms with van der Waals surface area (Å²) in [5, 5.41) is 0. The van der Waals surface area contributed by atoms with E-state index < -0.39 is 0 Å². The van der Waals surface area contributed by atoms with Gasteiger partial charge in [0.25, 0.3) is 0 Å². The Kier molecular flexibility index (Phi) is 7.09. The molecule has 0 unspecified atom stereocenters. The SMILES string of the molecule is Cc1ccc([C@H]2C=C[C@H](OCc3ccccc3)[C@@H](COCc3ccccc3)O2)cc1. The molecule has 0 N–H and O–H groups in total. The van der Waals surface area contributed by atoms with Gasteiger partial charge in [-0.25, -0.2) is 0 Å². The quantitative estimate of drug-likeness (QED) is 0.448. The smallest absolute Gasteiger partial charge is 0.112 e. The van der Waals surface area contributed by atoms with Crippen molar-refractivity contribution in [1.82, 2.24) is 0 Å². The summed E-state index contributed by atoms with van der Waals surface area (Å²) in [7, 11) is 0. The second-order valence-electron chi connectivity index (χ2n) is 7.65. The van der Waals surface area contributed by atoms with Gasteiger partial charge in [-0.15, -0.1) is 0 Å². The van der Waals surface area contributed by atoms with Gasteiger partial charge >= 0.3 is 0 Å². The lowest BCUT2D eigenvalue weighted by atomic mass is 10.0. The molecule has 0 spiro atoms. The molecule has 0 radical (unpaired) electrons. The zero-order valence-corrected chi connectivity index (χ0v) is 17.3. The maximum atomic E-state index is 6.41. The summed E-state index contributed by atoms with van der Waals surface area (Å²) in [4.78, 5) is 0. The molecule has 0 aromatic heterocycles. The van der Waals surface area contributed by atoms with Gasteiger partial charge in [0.15, 0.2) is 0 Å². The molecule has 1 aliphatic heterocycles. The number of hydrogen-bond donors (Lipinski definition) is 0. The molecule has 0 saturated heterocycles. The summed E-state index contributed by atoms with van der Waals surface area (Å²) in [6.45, 7) is 3.67. The molecule has 3 heteroatoms. The molecule has 154 valence electrons. The van der Waals surface area contributed by atoms with E-state index in [-0.39, 0.29) is 18.3 Å². The van der Waals surface area contributed by atoms with Gasteiger partial charge in [-0.1, -0.05) is 103 Å². The molecule has 3 nitrogen and oxygen atoms in total. The van der Waals surface area contributed by atoms with Crippen LogP contribution in [0.2, 0.25) is 0 Å². The molecule has 3 atom stereocenters. The van der Waals surface area contributed by atoms with Crippen LogP contribution in [0.15, 0.2) is 97.1 Å². The molecule has 1 heterocycles. The average Bonchev–Trinajstić information content (AvgIpc) is 2.80. The monoisotopic (exact) mass is 400 g/mol. The summed E-state index contributed by atoms with van der Waals surface area (Å²) in [6.07, 6.45) is 3.80. The molecule has 4 rings (SSSR count). The van der Waals surface area contributed by atoms with Crippen LogP contribution >= 0.6 is 0 Å². The van der Waals surface area contributed by atoms with Crippen LogP contribution in [0.3, 0.4) is 0 Å². The third-order valence-corrected chi connectivity index (χ3v) is 5.25. The highest BCUT2D eigenvalue weighted by molar-refractivity contribution is 5.27. The van der Waals surface area contributed by atoms with E-state index >= 15 is 0 Å². The maximum Gasteiger partial charge on any atom is 0.112 e. The predicted octanol–water partition coefficient (Wildman–Crippen LogP) is 5.79. The van der Waals surface area contributed by atoms with E-state index in [0.717, 1.165) is 16.7 Å². The Morgan fingerprint density at radius 2 is 1.37 bits per heavy atom. The van der Waals surface area contributed by atoms with Crippen LogP contribution in [0, 0.1) is 6.92 Å². The van der Waals surface area contributed by atoms with Crippen molar-refractivity contribution >= 4 is 0 Å². The van der Waals surface area contributed by atoms with Crippen molar-refractivity contribution in [2.45, 2.75) is 38.4 Å². The van der Waals surface area contributed by atoms with Gasteiger partial charge in [-0.3, -0.25) is 0 Å². The first-order valence-corrected chi connectivity index (χ1v) is 10.5. The van der Waals surface area contributed by atoms with Crippen molar-refractivity contribution in [3.05, 3.63) is 119 Å². The second kappa shape index (κ2) is 10.4. The molecule has 0 bridgehead atoms. The predicted molar refractivity (Wildman–Crippen MR) is 119 cm³/mol. The maximum absolute atomic E-state index is 6.41. The number of hydrogen-bond acceptors (Lipinski definition) is 3. The van der Waals surface area contributed by atoms with Crippen LogP contribution in [-0.2, 0) is 27.4 Å². The zero-order valence-electron chi connectivity index (χ0n) is 17.3. The lowest BCUT2D eigenvalue weighted by molar-refractivity contribution is -0.120. The van der Waals surface area contributed by atoms with Crippen LogP contribution in [-0.4, -0.2) is 18.8 Å². The highest BCUT2D eigenvalue weighted by Gasteiger charge is 2.29. The van der Waals surface area contributed by atoms with E-state index in [4.69, 9.17) is 14.2 Å². The fourth-order valence-electron chi connectivity index (χ4n) is 3.52. The van der Waals surface area contributed by atoms with Crippen LogP contribution < -0.4 is 0 Å². The third kappa shape index (κ3) is 5.67. The van der Waals surface area contributed by atoms with Gasteiger partial charge in [0.1, 0.15) is 18.3 Å². The largest absolute Gasteiger partial charge is 0.374 e. The highest BCUT2D eigenvalue weighted by atomic mass is 16.6. The van der Waals surface area contributed by atoms with Crippen LogP contribution in [0.4, 0.5) is 0 Å². The van der Waals surface area contributed by atoms with Crippen molar-refractivity contribution in [2.24, 2.45) is 0 Å². The van der Waals surface area contributed by atoms with E-state index in [1.807, 2.05) is 36.4 Å². The van der Waals surface area contributed by atoms with Gasteiger partial charge in [0, 0.05) is 0 Å². The van der Waals surface area contributed by atoms with Gasteiger partial charge in [-0.05, 0) is 23.6 Å². The molecule has 0 aliphatic carbocycles. The molecular weight excluding hydrogens is 372 g/mol. The standard InChI is InChI=1S/C27H28O3/c1-21-12-14-24(15-13-21)25-16-17-26(29-19-23-10-6-3-7-11-23)27(30-25)20-28-18-22-8-4-2-5-9-22/h2-17,25-27H,18-20H2,1H3/t25-,26+,27-/m1/s1. The summed E-state index contributed by atoms with van der Waals surface area (Å²) >= 11 is 0. The summed E-state index contributed by atoms with van der Waals surface area (Å²) < 4.78 is 18.6. The second-order valence-corrected chi connectivity index (χ2v) is 7.65. The van der Waals surface area contributed by atoms with Gasteiger partial charge in [-0.2, -0.15) is 0 Å². The number of ether oxygens (including phenoxy) is 3. The van der Waals surface area contributed by atoms with Gasteiger partial charge < -0.3 is 14.2 Å². The minimum atomic E-state index is -0.172. The topological polar surface area (TPSA) is 27.7 Å². The van der Waals surface area contributed by atoms with Crippen molar-refractivity contribution in [1.29, 1.82) is 0 Å². The van der Waals surface area contributed by atoms with Crippen LogP contribution in [0.5, 0.6) is 0 Å².